The number of hydrogen-bond donors (Lipinski definition) is 0. The first-order valence-electron chi connectivity index (χ1n) is 3.01. The molecule has 1 rings (SSSR count). The molecule has 4 heteroatoms. The van der Waals surface area contributed by atoms with Crippen molar-refractivity contribution in [3.8, 4) is 5.75 Å². The fraction of sp³-hybridized carbons (Fsp3) is 0.286. The van der Waals surface area contributed by atoms with Crippen molar-refractivity contribution in [2.24, 2.45) is 0 Å². The first-order chi connectivity index (χ1) is 5.16. The van der Waals surface area contributed by atoms with Crippen LogP contribution in [-0.4, -0.2) is 12.1 Å². The minimum atomic E-state index is 0.535. The lowest BCUT2D eigenvalue weighted by Gasteiger charge is -2.06. The topological polar surface area (TPSA) is 22.1 Å². The van der Waals surface area contributed by atoms with Gasteiger partial charge in [-0.05, 0) is 22.9 Å². The van der Waals surface area contributed by atoms with Crippen molar-refractivity contribution >= 4 is 27.5 Å². The van der Waals surface area contributed by atoms with E-state index in [9.17, 15) is 0 Å². The molecule has 0 saturated heterocycles. The molecule has 0 fully saturated rings. The third-order valence-electron chi connectivity index (χ3n) is 1.36. The molecule has 0 N–H and O–H groups in total. The van der Waals surface area contributed by atoms with E-state index in [1.807, 2.05) is 6.92 Å². The summed E-state index contributed by atoms with van der Waals surface area (Å²) in [4.78, 5) is 3.99. The molecular weight excluding hydrogens is 229 g/mol. The summed E-state index contributed by atoms with van der Waals surface area (Å²) in [6.45, 7) is 1.89. The predicted molar refractivity (Wildman–Crippen MR) is 48.2 cm³/mol. The molecule has 0 aliphatic carbocycles. The van der Waals surface area contributed by atoms with E-state index in [1.54, 1.807) is 13.3 Å². The van der Waals surface area contributed by atoms with E-state index in [0.717, 1.165) is 10.2 Å². The van der Waals surface area contributed by atoms with Crippen LogP contribution >= 0.6 is 27.5 Å². The number of methoxy groups -OCH3 is 1. The van der Waals surface area contributed by atoms with Crippen molar-refractivity contribution in [3.05, 3.63) is 21.4 Å². The average Bonchev–Trinajstić information content (AvgIpc) is 1.99. The molecule has 2 nitrogen and oxygen atoms in total. The number of nitrogens with zero attached hydrogens (tertiary/aromatic N) is 1. The third-order valence-corrected chi connectivity index (χ3v) is 2.43. The van der Waals surface area contributed by atoms with Crippen LogP contribution in [0.2, 0.25) is 5.02 Å². The summed E-state index contributed by atoms with van der Waals surface area (Å²) in [5.41, 5.74) is 0.917. The van der Waals surface area contributed by atoms with Gasteiger partial charge in [0.15, 0.2) is 0 Å². The van der Waals surface area contributed by atoms with Crippen LogP contribution in [0.3, 0.4) is 0 Å². The molecule has 0 aliphatic rings. The Morgan fingerprint density at radius 1 is 1.64 bits per heavy atom. The van der Waals surface area contributed by atoms with E-state index in [4.69, 9.17) is 16.3 Å². The van der Waals surface area contributed by atoms with E-state index in [-0.39, 0.29) is 0 Å². The molecule has 0 radical (unpaired) electrons. The first-order valence-corrected chi connectivity index (χ1v) is 4.18. The number of pyridine rings is 1. The van der Waals surface area contributed by atoms with Gasteiger partial charge < -0.3 is 4.74 Å². The molecule has 1 aromatic heterocycles. The molecule has 0 unspecified atom stereocenters. The minimum Gasteiger partial charge on any atom is -0.495 e. The molecule has 0 aromatic carbocycles. The smallest absolute Gasteiger partial charge is 0.144 e. The Labute approximate surface area is 78.7 Å². The summed E-state index contributed by atoms with van der Waals surface area (Å²) in [5, 5.41) is 0.535. The zero-order valence-corrected chi connectivity index (χ0v) is 8.53. The second-order valence-electron chi connectivity index (χ2n) is 2.06. The van der Waals surface area contributed by atoms with Gasteiger partial charge in [0, 0.05) is 5.56 Å². The van der Waals surface area contributed by atoms with Crippen molar-refractivity contribution in [1.82, 2.24) is 4.98 Å². The fourth-order valence-corrected chi connectivity index (χ4v) is 1.34. The van der Waals surface area contributed by atoms with E-state index in [1.165, 1.54) is 0 Å². The lowest BCUT2D eigenvalue weighted by atomic mass is 10.3. The van der Waals surface area contributed by atoms with Crippen LogP contribution in [0, 0.1) is 6.92 Å². The highest BCUT2D eigenvalue weighted by Gasteiger charge is 2.07. The second kappa shape index (κ2) is 3.41. The second-order valence-corrected chi connectivity index (χ2v) is 3.21. The molecule has 0 bridgehead atoms. The van der Waals surface area contributed by atoms with Gasteiger partial charge >= 0.3 is 0 Å². The fourth-order valence-electron chi connectivity index (χ4n) is 0.792. The normalized spacial score (nSPS) is 9.82. The highest BCUT2D eigenvalue weighted by atomic mass is 79.9. The van der Waals surface area contributed by atoms with Gasteiger partial charge in [-0.2, -0.15) is 0 Å². The lowest BCUT2D eigenvalue weighted by molar-refractivity contribution is 0.411. The van der Waals surface area contributed by atoms with Gasteiger partial charge in [0.05, 0.1) is 13.3 Å². The molecule has 0 spiro atoms. The van der Waals surface area contributed by atoms with Crippen molar-refractivity contribution in [2.45, 2.75) is 6.92 Å². The maximum atomic E-state index is 5.79. The van der Waals surface area contributed by atoms with Crippen molar-refractivity contribution in [3.63, 3.8) is 0 Å². The lowest BCUT2D eigenvalue weighted by Crippen LogP contribution is -1.91. The third kappa shape index (κ3) is 1.65. The van der Waals surface area contributed by atoms with Crippen LogP contribution < -0.4 is 4.74 Å². The zero-order chi connectivity index (χ0) is 8.43. The van der Waals surface area contributed by atoms with Crippen LogP contribution in [-0.2, 0) is 0 Å². The molecule has 11 heavy (non-hydrogen) atoms. The molecule has 0 amide bonds. The van der Waals surface area contributed by atoms with Crippen molar-refractivity contribution < 1.29 is 4.74 Å². The van der Waals surface area contributed by atoms with Gasteiger partial charge in [-0.3, -0.25) is 0 Å². The highest BCUT2D eigenvalue weighted by Crippen LogP contribution is 2.30. The number of rotatable bonds is 1. The summed E-state index contributed by atoms with van der Waals surface area (Å²) in [5.74, 6) is 0.675. The summed E-state index contributed by atoms with van der Waals surface area (Å²) in [6.07, 6.45) is 1.55. The Bertz CT molecular complexity index is 277. The Hall–Kier alpha value is -0.280. The number of ether oxygens (including phenoxy) is 1. The Balaban J connectivity index is 3.29. The van der Waals surface area contributed by atoms with Crippen LogP contribution in [0.4, 0.5) is 0 Å². The van der Waals surface area contributed by atoms with E-state index in [2.05, 4.69) is 20.9 Å². The number of aromatic nitrogens is 1. The Kier molecular flexibility index (Phi) is 2.73. The van der Waals surface area contributed by atoms with Crippen LogP contribution in [0.1, 0.15) is 5.56 Å². The highest BCUT2D eigenvalue weighted by molar-refractivity contribution is 9.10. The largest absolute Gasteiger partial charge is 0.495 e. The summed E-state index contributed by atoms with van der Waals surface area (Å²) in [7, 11) is 1.58. The molecule has 0 atom stereocenters. The summed E-state index contributed by atoms with van der Waals surface area (Å²) < 4.78 is 5.82. The predicted octanol–water partition coefficient (Wildman–Crippen LogP) is 2.81. The maximum Gasteiger partial charge on any atom is 0.144 e. The molecule has 1 heterocycles. The van der Waals surface area contributed by atoms with E-state index in [0.29, 0.717) is 10.8 Å². The average molecular weight is 236 g/mol. The molecule has 0 saturated carbocycles. The number of hydrogen-bond acceptors (Lipinski definition) is 2. The van der Waals surface area contributed by atoms with Crippen LogP contribution in [0.15, 0.2) is 10.8 Å². The van der Waals surface area contributed by atoms with Gasteiger partial charge in [0.2, 0.25) is 0 Å². The van der Waals surface area contributed by atoms with E-state index >= 15 is 0 Å². The van der Waals surface area contributed by atoms with E-state index < -0.39 is 0 Å². The quantitative estimate of drug-likeness (QED) is 0.700. The monoisotopic (exact) mass is 235 g/mol. The van der Waals surface area contributed by atoms with Crippen molar-refractivity contribution in [2.75, 3.05) is 7.11 Å². The summed E-state index contributed by atoms with van der Waals surface area (Å²) in [6, 6.07) is 0. The number of halogens is 2. The van der Waals surface area contributed by atoms with Gasteiger partial charge in [-0.25, -0.2) is 4.98 Å². The van der Waals surface area contributed by atoms with Crippen LogP contribution in [0.5, 0.6) is 5.75 Å². The minimum absolute atomic E-state index is 0.535. The Morgan fingerprint density at radius 3 is 2.73 bits per heavy atom. The molecule has 60 valence electrons. The van der Waals surface area contributed by atoms with Crippen molar-refractivity contribution in [1.29, 1.82) is 0 Å². The SMILES string of the molecule is COc1c(Cl)cnc(Br)c1C. The van der Waals surface area contributed by atoms with Crippen LogP contribution in [0.25, 0.3) is 0 Å². The maximum absolute atomic E-state index is 5.79. The summed E-state index contributed by atoms with van der Waals surface area (Å²) >= 11 is 9.06. The standard InChI is InChI=1S/C7H7BrClNO/c1-4-6(11-2)5(9)3-10-7(4)8/h3H,1-2H3. The van der Waals surface area contributed by atoms with Gasteiger partial charge in [0.25, 0.3) is 0 Å². The molecule has 0 aliphatic heterocycles. The van der Waals surface area contributed by atoms with Gasteiger partial charge in [0.1, 0.15) is 15.4 Å². The van der Waals surface area contributed by atoms with Gasteiger partial charge in [-0.1, -0.05) is 11.6 Å². The molecule has 1 aromatic rings. The molecular formula is C7H7BrClNO. The zero-order valence-electron chi connectivity index (χ0n) is 6.19. The Morgan fingerprint density at radius 2 is 2.27 bits per heavy atom. The first kappa shape index (κ1) is 8.81. The van der Waals surface area contributed by atoms with Gasteiger partial charge in [-0.15, -0.1) is 0 Å².